The molecular formula is C20H19N7O3. The number of benzene rings is 1. The summed E-state index contributed by atoms with van der Waals surface area (Å²) >= 11 is 0. The normalized spacial score (nSPS) is 11.3. The summed E-state index contributed by atoms with van der Waals surface area (Å²) < 4.78 is 19.5. The maximum absolute atomic E-state index is 5.46. The molecule has 0 aliphatic heterocycles. The monoisotopic (exact) mass is 405 g/mol. The zero-order valence-electron chi connectivity index (χ0n) is 16.7. The molecule has 152 valence electrons. The van der Waals surface area contributed by atoms with E-state index in [0.29, 0.717) is 46.9 Å². The Labute approximate surface area is 171 Å². The van der Waals surface area contributed by atoms with E-state index in [1.165, 1.54) is 0 Å². The van der Waals surface area contributed by atoms with Gasteiger partial charge in [-0.3, -0.25) is 4.68 Å². The van der Waals surface area contributed by atoms with Crippen molar-refractivity contribution in [2.45, 2.75) is 6.54 Å². The summed E-state index contributed by atoms with van der Waals surface area (Å²) in [5.41, 5.74) is 2.22. The number of fused-ring (bicyclic) bond motifs is 3. The van der Waals surface area contributed by atoms with Crippen LogP contribution in [0.4, 0.5) is 5.95 Å². The lowest BCUT2D eigenvalue weighted by Gasteiger charge is -2.11. The number of nitrogens with zero attached hydrogens (tertiary/aromatic N) is 6. The highest BCUT2D eigenvalue weighted by Gasteiger charge is 2.17. The summed E-state index contributed by atoms with van der Waals surface area (Å²) in [5.74, 6) is 2.93. The number of rotatable bonds is 6. The molecule has 1 N–H and O–H groups in total. The number of aromatic nitrogens is 6. The molecule has 0 saturated carbocycles. The lowest BCUT2D eigenvalue weighted by atomic mass is 10.2. The van der Waals surface area contributed by atoms with E-state index in [1.807, 2.05) is 37.5 Å². The van der Waals surface area contributed by atoms with Crippen LogP contribution in [0.25, 0.3) is 28.3 Å². The van der Waals surface area contributed by atoms with Gasteiger partial charge >= 0.3 is 0 Å². The second-order valence-electron chi connectivity index (χ2n) is 6.67. The summed E-state index contributed by atoms with van der Waals surface area (Å²) in [4.78, 5) is 9.29. The van der Waals surface area contributed by atoms with Gasteiger partial charge in [-0.1, -0.05) is 6.07 Å². The van der Waals surface area contributed by atoms with Crippen molar-refractivity contribution in [2.24, 2.45) is 7.05 Å². The Morgan fingerprint density at radius 1 is 1.07 bits per heavy atom. The minimum Gasteiger partial charge on any atom is -0.493 e. The third-order valence-electron chi connectivity index (χ3n) is 4.71. The summed E-state index contributed by atoms with van der Waals surface area (Å²) in [6.45, 7) is 0.497. The van der Waals surface area contributed by atoms with Gasteiger partial charge in [0.25, 0.3) is 0 Å². The van der Waals surface area contributed by atoms with Crippen molar-refractivity contribution in [3.8, 4) is 23.1 Å². The quantitative estimate of drug-likeness (QED) is 0.460. The summed E-state index contributed by atoms with van der Waals surface area (Å²) in [6, 6.07) is 9.36. The van der Waals surface area contributed by atoms with E-state index < -0.39 is 0 Å². The lowest BCUT2D eigenvalue weighted by Crippen LogP contribution is -2.08. The van der Waals surface area contributed by atoms with Crippen LogP contribution in [0.3, 0.4) is 0 Å². The Morgan fingerprint density at radius 2 is 1.93 bits per heavy atom. The first-order valence-electron chi connectivity index (χ1n) is 9.25. The van der Waals surface area contributed by atoms with Crippen LogP contribution < -0.4 is 14.8 Å². The molecule has 4 heterocycles. The second kappa shape index (κ2) is 7.07. The van der Waals surface area contributed by atoms with Gasteiger partial charge in [-0.05, 0) is 29.8 Å². The van der Waals surface area contributed by atoms with Gasteiger partial charge in [0, 0.05) is 19.8 Å². The van der Waals surface area contributed by atoms with Crippen molar-refractivity contribution in [1.29, 1.82) is 0 Å². The smallest absolute Gasteiger partial charge is 0.228 e. The van der Waals surface area contributed by atoms with Crippen LogP contribution in [-0.4, -0.2) is 43.6 Å². The van der Waals surface area contributed by atoms with Crippen molar-refractivity contribution in [3.05, 3.63) is 48.4 Å². The number of ether oxygens (including phenoxy) is 2. The van der Waals surface area contributed by atoms with E-state index in [9.17, 15) is 0 Å². The van der Waals surface area contributed by atoms with Gasteiger partial charge in [-0.25, -0.2) is 4.98 Å². The van der Waals surface area contributed by atoms with Crippen molar-refractivity contribution in [3.63, 3.8) is 0 Å². The van der Waals surface area contributed by atoms with Gasteiger partial charge in [0.05, 0.1) is 25.9 Å². The standard InChI is InChI=1S/C20H19N7O3/c1-26-11-13-17(24-26)23-20(21-10-12-6-7-14(28-2)16(9-12)29-3)27-19(13)22-18(25-27)15-5-4-8-30-15/h4-9,11H,10H2,1-3H3,(H,21,23,24). The average molecular weight is 405 g/mol. The summed E-state index contributed by atoms with van der Waals surface area (Å²) in [5, 5.41) is 13.1. The number of furan rings is 1. The fourth-order valence-electron chi connectivity index (χ4n) is 3.30. The van der Waals surface area contributed by atoms with E-state index in [1.54, 1.807) is 35.7 Å². The summed E-state index contributed by atoms with van der Waals surface area (Å²) in [6.07, 6.45) is 3.46. The van der Waals surface area contributed by atoms with Crippen LogP contribution in [0.2, 0.25) is 0 Å². The molecule has 30 heavy (non-hydrogen) atoms. The molecule has 0 radical (unpaired) electrons. The van der Waals surface area contributed by atoms with Crippen LogP contribution in [0.5, 0.6) is 11.5 Å². The van der Waals surface area contributed by atoms with Crippen LogP contribution >= 0.6 is 0 Å². The number of aryl methyl sites for hydroxylation is 1. The van der Waals surface area contributed by atoms with E-state index in [4.69, 9.17) is 13.9 Å². The first-order chi connectivity index (χ1) is 14.7. The molecule has 0 bridgehead atoms. The largest absolute Gasteiger partial charge is 0.493 e. The Hall–Kier alpha value is -4.08. The van der Waals surface area contributed by atoms with E-state index in [-0.39, 0.29) is 0 Å². The molecule has 0 saturated heterocycles. The van der Waals surface area contributed by atoms with Crippen LogP contribution in [0.15, 0.2) is 47.2 Å². The highest BCUT2D eigenvalue weighted by Crippen LogP contribution is 2.28. The number of nitrogens with one attached hydrogen (secondary N) is 1. The molecular weight excluding hydrogens is 386 g/mol. The molecule has 0 aliphatic rings. The van der Waals surface area contributed by atoms with Gasteiger partial charge in [0.1, 0.15) is 0 Å². The molecule has 0 aliphatic carbocycles. The summed E-state index contributed by atoms with van der Waals surface area (Å²) in [7, 11) is 5.07. The molecule has 5 aromatic rings. The highest BCUT2D eigenvalue weighted by atomic mass is 16.5. The zero-order chi connectivity index (χ0) is 20.7. The van der Waals surface area contributed by atoms with Crippen LogP contribution in [-0.2, 0) is 13.6 Å². The minimum atomic E-state index is 0.479. The van der Waals surface area contributed by atoms with Crippen molar-refractivity contribution >= 4 is 22.6 Å². The Kier molecular flexibility index (Phi) is 4.24. The molecule has 4 aromatic heterocycles. The van der Waals surface area contributed by atoms with E-state index in [0.717, 1.165) is 10.9 Å². The molecule has 10 nitrogen and oxygen atoms in total. The first-order valence-corrected chi connectivity index (χ1v) is 9.25. The van der Waals surface area contributed by atoms with Crippen LogP contribution in [0.1, 0.15) is 5.56 Å². The van der Waals surface area contributed by atoms with Gasteiger partial charge < -0.3 is 19.2 Å². The number of anilines is 1. The van der Waals surface area contributed by atoms with Crippen molar-refractivity contribution in [1.82, 2.24) is 29.4 Å². The maximum Gasteiger partial charge on any atom is 0.228 e. The SMILES string of the molecule is COc1ccc(CNc2nc3nn(C)cc3c3nc(-c4ccco4)nn23)cc1OC. The van der Waals surface area contributed by atoms with E-state index >= 15 is 0 Å². The third-order valence-corrected chi connectivity index (χ3v) is 4.71. The fraction of sp³-hybridized carbons (Fsp3) is 0.200. The predicted octanol–water partition coefficient (Wildman–Crippen LogP) is 2.90. The molecule has 0 spiro atoms. The number of hydrogen-bond acceptors (Lipinski definition) is 8. The van der Waals surface area contributed by atoms with Gasteiger partial charge in [0.15, 0.2) is 28.6 Å². The topological polar surface area (TPSA) is 105 Å². The first kappa shape index (κ1) is 18.0. The number of hydrogen-bond donors (Lipinski definition) is 1. The van der Waals surface area contributed by atoms with Crippen molar-refractivity contribution < 1.29 is 13.9 Å². The molecule has 10 heteroatoms. The third kappa shape index (κ3) is 2.98. The molecule has 0 fully saturated rings. The molecule has 1 aromatic carbocycles. The van der Waals surface area contributed by atoms with Crippen molar-refractivity contribution in [2.75, 3.05) is 19.5 Å². The molecule has 0 unspecified atom stereocenters. The van der Waals surface area contributed by atoms with Crippen LogP contribution in [0, 0.1) is 0 Å². The highest BCUT2D eigenvalue weighted by molar-refractivity contribution is 5.90. The van der Waals surface area contributed by atoms with E-state index in [2.05, 4.69) is 25.5 Å². The Bertz CT molecular complexity index is 1340. The number of methoxy groups -OCH3 is 2. The van der Waals surface area contributed by atoms with Gasteiger partial charge in [0.2, 0.25) is 11.8 Å². The van der Waals surface area contributed by atoms with Gasteiger partial charge in [-0.15, -0.1) is 5.10 Å². The molecule has 0 amide bonds. The molecule has 5 rings (SSSR count). The molecule has 0 atom stereocenters. The average Bonchev–Trinajstić information content (AvgIpc) is 3.49. The predicted molar refractivity (Wildman–Crippen MR) is 110 cm³/mol. The van der Waals surface area contributed by atoms with Gasteiger partial charge in [-0.2, -0.15) is 14.6 Å². The Balaban J connectivity index is 1.56. The maximum atomic E-state index is 5.46. The minimum absolute atomic E-state index is 0.479. The zero-order valence-corrected chi connectivity index (χ0v) is 16.7. The lowest BCUT2D eigenvalue weighted by molar-refractivity contribution is 0.354. The Morgan fingerprint density at radius 3 is 2.70 bits per heavy atom. The second-order valence-corrected chi connectivity index (χ2v) is 6.67. The fourth-order valence-corrected chi connectivity index (χ4v) is 3.30.